The molecule has 0 spiro atoms. The van der Waals surface area contributed by atoms with Gasteiger partial charge < -0.3 is 10.0 Å². The second-order valence-corrected chi connectivity index (χ2v) is 6.67. The number of hydrogen-bond donors (Lipinski definition) is 1. The van der Waals surface area contributed by atoms with Gasteiger partial charge in [-0.2, -0.15) is 0 Å². The maximum Gasteiger partial charge on any atom is 0.253 e. The van der Waals surface area contributed by atoms with Crippen LogP contribution in [0.25, 0.3) is 0 Å². The Balaban J connectivity index is 2.11. The summed E-state index contributed by atoms with van der Waals surface area (Å²) in [5, 5.41) is 9.70. The summed E-state index contributed by atoms with van der Waals surface area (Å²) in [5.41, 5.74) is 0.568. The van der Waals surface area contributed by atoms with Gasteiger partial charge in [0.2, 0.25) is 0 Å². The van der Waals surface area contributed by atoms with Crippen LogP contribution in [0, 0.1) is 9.49 Å². The predicted octanol–water partition coefficient (Wildman–Crippen LogP) is 3.65. The Morgan fingerprint density at radius 1 is 1.42 bits per heavy atom. The Kier molecular flexibility index (Phi) is 4.71. The number of phenolic OH excluding ortho intramolecular Hbond substituents is 1. The van der Waals surface area contributed by atoms with E-state index in [0.717, 1.165) is 16.4 Å². The zero-order valence-corrected chi connectivity index (χ0v) is 13.6. The van der Waals surface area contributed by atoms with E-state index in [-0.39, 0.29) is 11.7 Å². The van der Waals surface area contributed by atoms with Crippen molar-refractivity contribution in [2.45, 2.75) is 38.6 Å². The lowest BCUT2D eigenvalue weighted by Crippen LogP contribution is -2.39. The molecule has 0 aromatic heterocycles. The van der Waals surface area contributed by atoms with Crippen LogP contribution < -0.4 is 0 Å². The summed E-state index contributed by atoms with van der Waals surface area (Å²) >= 11 is 2.05. The van der Waals surface area contributed by atoms with E-state index in [1.807, 2.05) is 11.9 Å². The van der Waals surface area contributed by atoms with Gasteiger partial charge in [0.25, 0.3) is 5.91 Å². The van der Waals surface area contributed by atoms with Crippen molar-refractivity contribution in [2.75, 3.05) is 7.05 Å². The Labute approximate surface area is 128 Å². The standard InChI is InChI=1S/C15H20INO2/c1-10-4-3-5-12(8-10)17(2)15(19)11-6-7-13(16)14(18)9-11/h6-7,9-10,12,18H,3-5,8H2,1-2H3. The highest BCUT2D eigenvalue weighted by atomic mass is 127. The quantitative estimate of drug-likeness (QED) is 0.805. The van der Waals surface area contributed by atoms with E-state index >= 15 is 0 Å². The number of carbonyl (C=O) groups is 1. The van der Waals surface area contributed by atoms with Crippen LogP contribution in [0.4, 0.5) is 0 Å². The number of rotatable bonds is 2. The number of carbonyl (C=O) groups excluding carboxylic acids is 1. The largest absolute Gasteiger partial charge is 0.507 e. The molecule has 1 aromatic rings. The molecule has 2 rings (SSSR count). The van der Waals surface area contributed by atoms with E-state index in [2.05, 4.69) is 29.5 Å². The lowest BCUT2D eigenvalue weighted by molar-refractivity contribution is 0.0672. The van der Waals surface area contributed by atoms with E-state index < -0.39 is 0 Å². The topological polar surface area (TPSA) is 40.5 Å². The molecule has 0 radical (unpaired) electrons. The number of benzene rings is 1. The number of halogens is 1. The summed E-state index contributed by atoms with van der Waals surface area (Å²) in [7, 11) is 1.88. The van der Waals surface area contributed by atoms with E-state index in [1.54, 1.807) is 18.2 Å². The number of amides is 1. The third-order valence-corrected chi connectivity index (χ3v) is 4.88. The van der Waals surface area contributed by atoms with E-state index in [1.165, 1.54) is 12.8 Å². The van der Waals surface area contributed by atoms with Gasteiger partial charge in [-0.15, -0.1) is 0 Å². The van der Waals surface area contributed by atoms with Crippen LogP contribution in [0.1, 0.15) is 43.0 Å². The first-order chi connectivity index (χ1) is 8.99. The summed E-state index contributed by atoms with van der Waals surface area (Å²) in [6, 6.07) is 5.46. The second-order valence-electron chi connectivity index (χ2n) is 5.51. The molecule has 1 N–H and O–H groups in total. The molecule has 0 saturated heterocycles. The maximum absolute atomic E-state index is 12.4. The monoisotopic (exact) mass is 373 g/mol. The van der Waals surface area contributed by atoms with Crippen LogP contribution in [0.15, 0.2) is 18.2 Å². The van der Waals surface area contributed by atoms with Crippen LogP contribution >= 0.6 is 22.6 Å². The van der Waals surface area contributed by atoms with Crippen molar-refractivity contribution in [1.82, 2.24) is 4.90 Å². The lowest BCUT2D eigenvalue weighted by Gasteiger charge is -2.34. The smallest absolute Gasteiger partial charge is 0.253 e. The average molecular weight is 373 g/mol. The number of aromatic hydroxyl groups is 1. The molecule has 19 heavy (non-hydrogen) atoms. The van der Waals surface area contributed by atoms with Gasteiger partial charge in [-0.1, -0.05) is 19.8 Å². The molecule has 104 valence electrons. The van der Waals surface area contributed by atoms with Crippen LogP contribution in [0.3, 0.4) is 0 Å². The summed E-state index contributed by atoms with van der Waals surface area (Å²) in [4.78, 5) is 14.3. The van der Waals surface area contributed by atoms with E-state index in [9.17, 15) is 9.90 Å². The number of hydrogen-bond acceptors (Lipinski definition) is 2. The molecule has 0 aliphatic heterocycles. The first kappa shape index (κ1) is 14.6. The van der Waals surface area contributed by atoms with Crippen molar-refractivity contribution in [2.24, 2.45) is 5.92 Å². The third kappa shape index (κ3) is 3.41. The summed E-state index contributed by atoms with van der Waals surface area (Å²) < 4.78 is 0.767. The molecule has 1 aliphatic rings. The number of phenols is 1. The molecular formula is C15H20INO2. The summed E-state index contributed by atoms with van der Waals surface area (Å²) in [6.45, 7) is 2.25. The van der Waals surface area contributed by atoms with Gasteiger partial charge in [-0.25, -0.2) is 0 Å². The van der Waals surface area contributed by atoms with E-state index in [0.29, 0.717) is 17.5 Å². The highest BCUT2D eigenvalue weighted by molar-refractivity contribution is 14.1. The van der Waals surface area contributed by atoms with Crippen LogP contribution in [0.2, 0.25) is 0 Å². The number of nitrogens with zero attached hydrogens (tertiary/aromatic N) is 1. The van der Waals surface area contributed by atoms with Crippen molar-refractivity contribution in [3.8, 4) is 5.75 Å². The second kappa shape index (κ2) is 6.11. The minimum atomic E-state index is 0.00537. The first-order valence-electron chi connectivity index (χ1n) is 6.74. The van der Waals surface area contributed by atoms with Crippen LogP contribution in [-0.2, 0) is 0 Å². The van der Waals surface area contributed by atoms with Gasteiger partial charge in [0.15, 0.2) is 0 Å². The molecule has 2 unspecified atom stereocenters. The van der Waals surface area contributed by atoms with Crippen molar-refractivity contribution in [1.29, 1.82) is 0 Å². The third-order valence-electron chi connectivity index (χ3n) is 3.97. The molecule has 2 atom stereocenters. The fourth-order valence-corrected chi connectivity index (χ4v) is 3.10. The van der Waals surface area contributed by atoms with Crippen LogP contribution in [-0.4, -0.2) is 29.0 Å². The maximum atomic E-state index is 12.4. The first-order valence-corrected chi connectivity index (χ1v) is 7.82. The highest BCUT2D eigenvalue weighted by Crippen LogP contribution is 2.28. The minimum absolute atomic E-state index is 0.00537. The zero-order valence-electron chi connectivity index (χ0n) is 11.4. The highest BCUT2D eigenvalue weighted by Gasteiger charge is 2.26. The molecule has 3 nitrogen and oxygen atoms in total. The minimum Gasteiger partial charge on any atom is -0.507 e. The van der Waals surface area contributed by atoms with Crippen LogP contribution in [0.5, 0.6) is 5.75 Å². The lowest BCUT2D eigenvalue weighted by atomic mass is 9.86. The molecule has 1 aliphatic carbocycles. The predicted molar refractivity (Wildman–Crippen MR) is 84.3 cm³/mol. The SMILES string of the molecule is CC1CCCC(N(C)C(=O)c2ccc(I)c(O)c2)C1. The molecule has 0 bridgehead atoms. The summed E-state index contributed by atoms with van der Waals surface area (Å²) in [6.07, 6.45) is 4.63. The molecule has 0 heterocycles. The van der Waals surface area contributed by atoms with Crippen molar-refractivity contribution in [3.05, 3.63) is 27.3 Å². The van der Waals surface area contributed by atoms with Gasteiger partial charge >= 0.3 is 0 Å². The molecule has 1 fully saturated rings. The van der Waals surface area contributed by atoms with Gasteiger partial charge in [0.1, 0.15) is 5.75 Å². The van der Waals surface area contributed by atoms with Gasteiger partial charge in [-0.05, 0) is 59.5 Å². The Morgan fingerprint density at radius 3 is 2.79 bits per heavy atom. The van der Waals surface area contributed by atoms with Crippen molar-refractivity contribution >= 4 is 28.5 Å². The Bertz CT molecular complexity index is 475. The Hall–Kier alpha value is -0.780. The Morgan fingerprint density at radius 2 is 2.16 bits per heavy atom. The molecule has 4 heteroatoms. The molecule has 1 amide bonds. The molecule has 1 aromatic carbocycles. The van der Waals surface area contributed by atoms with E-state index in [4.69, 9.17) is 0 Å². The van der Waals surface area contributed by atoms with Crippen molar-refractivity contribution < 1.29 is 9.90 Å². The van der Waals surface area contributed by atoms with Gasteiger partial charge in [0, 0.05) is 18.7 Å². The van der Waals surface area contributed by atoms with Gasteiger partial charge in [0.05, 0.1) is 3.57 Å². The summed E-state index contributed by atoms with van der Waals surface area (Å²) in [5.74, 6) is 0.877. The molecule has 1 saturated carbocycles. The molecular weight excluding hydrogens is 353 g/mol. The van der Waals surface area contributed by atoms with Gasteiger partial charge in [-0.3, -0.25) is 4.79 Å². The fourth-order valence-electron chi connectivity index (χ4n) is 2.77. The zero-order chi connectivity index (χ0) is 14.0. The fraction of sp³-hybridized carbons (Fsp3) is 0.533. The van der Waals surface area contributed by atoms with Crippen molar-refractivity contribution in [3.63, 3.8) is 0 Å². The normalized spacial score (nSPS) is 23.1. The average Bonchev–Trinajstić information content (AvgIpc) is 2.40.